The summed E-state index contributed by atoms with van der Waals surface area (Å²) in [5, 5.41) is 0.772. The predicted octanol–water partition coefficient (Wildman–Crippen LogP) is 4.35. The van der Waals surface area contributed by atoms with Gasteiger partial charge >= 0.3 is 0 Å². The Hall–Kier alpha value is -0.220. The summed E-state index contributed by atoms with van der Waals surface area (Å²) in [6, 6.07) is 8.04. The van der Waals surface area contributed by atoms with Crippen LogP contribution < -0.4 is 5.73 Å². The highest BCUT2D eigenvalue weighted by Gasteiger charge is 2.47. The zero-order valence-electron chi connectivity index (χ0n) is 12.7. The van der Waals surface area contributed by atoms with E-state index in [1.165, 1.54) is 4.90 Å². The van der Waals surface area contributed by atoms with Crippen molar-refractivity contribution in [1.82, 2.24) is 0 Å². The fourth-order valence-corrected chi connectivity index (χ4v) is 4.39. The summed E-state index contributed by atoms with van der Waals surface area (Å²) in [6.45, 7) is 8.59. The summed E-state index contributed by atoms with van der Waals surface area (Å²) in [5.74, 6) is 1.26. The van der Waals surface area contributed by atoms with Gasteiger partial charge in [0, 0.05) is 27.6 Å². The third kappa shape index (κ3) is 3.91. The van der Waals surface area contributed by atoms with Crippen molar-refractivity contribution in [3.05, 3.63) is 29.3 Å². The van der Waals surface area contributed by atoms with Gasteiger partial charge in [-0.1, -0.05) is 17.7 Å². The summed E-state index contributed by atoms with van der Waals surface area (Å²) >= 11 is 7.77. The first-order valence-electron chi connectivity index (χ1n) is 7.04. The van der Waals surface area contributed by atoms with E-state index in [2.05, 4.69) is 33.8 Å². The molecule has 112 valence electrons. The quantitative estimate of drug-likeness (QED) is 0.839. The van der Waals surface area contributed by atoms with Crippen LogP contribution in [0.1, 0.15) is 34.1 Å². The average Bonchev–Trinajstić information content (AvgIpc) is 2.54. The Labute approximate surface area is 131 Å². The van der Waals surface area contributed by atoms with Crippen molar-refractivity contribution >= 4 is 23.4 Å². The average molecular weight is 314 g/mol. The Balaban J connectivity index is 1.97. The number of rotatable bonds is 4. The number of ether oxygens (including phenoxy) is 1. The lowest BCUT2D eigenvalue weighted by Gasteiger charge is -2.30. The number of nitrogens with two attached hydrogens (primary N) is 1. The first kappa shape index (κ1) is 16.2. The molecular formula is C16H24ClNOS. The molecule has 20 heavy (non-hydrogen) atoms. The van der Waals surface area contributed by atoms with Gasteiger partial charge in [-0.25, -0.2) is 0 Å². The van der Waals surface area contributed by atoms with Crippen LogP contribution in [0.25, 0.3) is 0 Å². The van der Waals surface area contributed by atoms with Crippen LogP contribution in [0, 0.1) is 5.92 Å². The maximum absolute atomic E-state index is 6.43. The zero-order chi connectivity index (χ0) is 15.0. The Morgan fingerprint density at radius 3 is 2.65 bits per heavy atom. The fourth-order valence-electron chi connectivity index (χ4n) is 3.14. The van der Waals surface area contributed by atoms with Crippen LogP contribution in [0.15, 0.2) is 29.2 Å². The molecule has 0 radical (unpaired) electrons. The van der Waals surface area contributed by atoms with Crippen LogP contribution in [-0.2, 0) is 4.74 Å². The van der Waals surface area contributed by atoms with Crippen molar-refractivity contribution in [2.24, 2.45) is 11.7 Å². The van der Waals surface area contributed by atoms with E-state index in [1.54, 1.807) is 11.8 Å². The summed E-state index contributed by atoms with van der Waals surface area (Å²) in [5.41, 5.74) is 6.20. The second kappa shape index (κ2) is 5.88. The third-order valence-corrected chi connectivity index (χ3v) is 5.27. The number of hydrogen-bond acceptors (Lipinski definition) is 3. The maximum Gasteiger partial charge on any atom is 0.0677 e. The topological polar surface area (TPSA) is 35.2 Å². The van der Waals surface area contributed by atoms with E-state index in [0.717, 1.165) is 17.2 Å². The minimum absolute atomic E-state index is 0.0769. The Morgan fingerprint density at radius 1 is 1.40 bits per heavy atom. The Morgan fingerprint density at radius 2 is 2.10 bits per heavy atom. The number of benzene rings is 1. The van der Waals surface area contributed by atoms with Crippen molar-refractivity contribution in [2.75, 3.05) is 5.75 Å². The largest absolute Gasteiger partial charge is 0.369 e. The smallest absolute Gasteiger partial charge is 0.0677 e. The van der Waals surface area contributed by atoms with E-state index in [1.807, 2.05) is 18.2 Å². The van der Waals surface area contributed by atoms with Gasteiger partial charge in [0.05, 0.1) is 11.2 Å². The number of thioether (sulfide) groups is 1. The minimum atomic E-state index is -0.155. The first-order chi connectivity index (χ1) is 9.20. The summed E-state index contributed by atoms with van der Waals surface area (Å²) in [4.78, 5) is 1.17. The molecule has 1 saturated heterocycles. The number of halogens is 1. The molecule has 0 spiro atoms. The van der Waals surface area contributed by atoms with Gasteiger partial charge in [-0.05, 0) is 52.3 Å². The third-order valence-electron chi connectivity index (χ3n) is 3.90. The van der Waals surface area contributed by atoms with Gasteiger partial charge in [0.15, 0.2) is 0 Å². The van der Waals surface area contributed by atoms with Crippen molar-refractivity contribution < 1.29 is 4.74 Å². The minimum Gasteiger partial charge on any atom is -0.369 e. The Bertz CT molecular complexity index is 475. The summed E-state index contributed by atoms with van der Waals surface area (Å²) in [7, 11) is 0. The highest BCUT2D eigenvalue weighted by atomic mass is 35.5. The lowest BCUT2D eigenvalue weighted by atomic mass is 9.83. The van der Waals surface area contributed by atoms with Crippen LogP contribution in [0.5, 0.6) is 0 Å². The van der Waals surface area contributed by atoms with Gasteiger partial charge in [0.1, 0.15) is 0 Å². The van der Waals surface area contributed by atoms with Crippen molar-refractivity contribution in [1.29, 1.82) is 0 Å². The molecule has 2 rings (SSSR count). The molecule has 0 aromatic heterocycles. The van der Waals surface area contributed by atoms with E-state index >= 15 is 0 Å². The predicted molar refractivity (Wildman–Crippen MR) is 87.5 cm³/mol. The first-order valence-corrected chi connectivity index (χ1v) is 8.40. The van der Waals surface area contributed by atoms with Crippen LogP contribution >= 0.6 is 23.4 Å². The fraction of sp³-hybridized carbons (Fsp3) is 0.625. The molecule has 2 atom stereocenters. The second-order valence-corrected chi connectivity index (χ2v) is 8.24. The van der Waals surface area contributed by atoms with E-state index in [4.69, 9.17) is 22.1 Å². The summed E-state index contributed by atoms with van der Waals surface area (Å²) in [6.07, 6.45) is 1.01. The van der Waals surface area contributed by atoms with Crippen LogP contribution in [-0.4, -0.2) is 23.0 Å². The van der Waals surface area contributed by atoms with E-state index in [0.29, 0.717) is 5.92 Å². The normalized spacial score (nSPS) is 25.6. The zero-order valence-corrected chi connectivity index (χ0v) is 14.2. The van der Waals surface area contributed by atoms with E-state index < -0.39 is 0 Å². The van der Waals surface area contributed by atoms with Crippen molar-refractivity contribution in [2.45, 2.75) is 56.3 Å². The highest BCUT2D eigenvalue weighted by Crippen LogP contribution is 2.43. The highest BCUT2D eigenvalue weighted by molar-refractivity contribution is 7.99. The molecule has 1 heterocycles. The molecule has 2 N–H and O–H groups in total. The van der Waals surface area contributed by atoms with E-state index in [9.17, 15) is 0 Å². The van der Waals surface area contributed by atoms with Gasteiger partial charge in [0.2, 0.25) is 0 Å². The molecule has 1 aromatic carbocycles. The van der Waals surface area contributed by atoms with E-state index in [-0.39, 0.29) is 17.2 Å². The van der Waals surface area contributed by atoms with Crippen molar-refractivity contribution in [3.8, 4) is 0 Å². The standard InChI is InChI=1S/C16H24ClNOS/c1-15(2)9-13(16(3,4)19-15)14(18)10-20-12-7-5-6-11(17)8-12/h5-8,13-14H,9-10,18H2,1-4H3. The SMILES string of the molecule is CC1(C)CC(C(N)CSc2cccc(Cl)c2)C(C)(C)O1. The lowest BCUT2D eigenvalue weighted by Crippen LogP contribution is -2.42. The molecule has 4 heteroatoms. The monoisotopic (exact) mass is 313 g/mol. The van der Waals surface area contributed by atoms with Gasteiger partial charge in [-0.2, -0.15) is 0 Å². The lowest BCUT2D eigenvalue weighted by molar-refractivity contribution is -0.0759. The molecule has 0 saturated carbocycles. The molecule has 1 aliphatic rings. The molecule has 1 fully saturated rings. The van der Waals surface area contributed by atoms with Crippen LogP contribution in [0.3, 0.4) is 0 Å². The van der Waals surface area contributed by atoms with Crippen LogP contribution in [0.2, 0.25) is 5.02 Å². The van der Waals surface area contributed by atoms with Gasteiger partial charge in [-0.15, -0.1) is 11.8 Å². The Kier molecular flexibility index (Phi) is 4.75. The molecule has 2 nitrogen and oxygen atoms in total. The van der Waals surface area contributed by atoms with Gasteiger partial charge < -0.3 is 10.5 Å². The second-order valence-electron chi connectivity index (χ2n) is 6.71. The van der Waals surface area contributed by atoms with Crippen LogP contribution in [0.4, 0.5) is 0 Å². The molecular weight excluding hydrogens is 290 g/mol. The number of hydrogen-bond donors (Lipinski definition) is 1. The molecule has 0 aliphatic carbocycles. The molecule has 1 aromatic rings. The molecule has 0 amide bonds. The molecule has 0 bridgehead atoms. The maximum atomic E-state index is 6.43. The van der Waals surface area contributed by atoms with Crippen molar-refractivity contribution in [3.63, 3.8) is 0 Å². The van der Waals surface area contributed by atoms with Gasteiger partial charge in [-0.3, -0.25) is 0 Å². The summed E-state index contributed by atoms with van der Waals surface area (Å²) < 4.78 is 6.13. The molecule has 1 aliphatic heterocycles. The van der Waals surface area contributed by atoms with Gasteiger partial charge in [0.25, 0.3) is 0 Å². The molecule has 2 unspecified atom stereocenters.